The summed E-state index contributed by atoms with van der Waals surface area (Å²) in [7, 11) is 1.63. The first-order chi connectivity index (χ1) is 16.5. The molecule has 2 aliphatic rings. The molecule has 0 aliphatic carbocycles. The van der Waals surface area contributed by atoms with Gasteiger partial charge >= 0.3 is 0 Å². The van der Waals surface area contributed by atoms with Gasteiger partial charge in [0, 0.05) is 37.5 Å². The van der Waals surface area contributed by atoms with Crippen LogP contribution in [0.2, 0.25) is 0 Å². The van der Waals surface area contributed by atoms with E-state index in [4.69, 9.17) is 18.9 Å². The second kappa shape index (κ2) is 9.60. The van der Waals surface area contributed by atoms with Crippen LogP contribution in [0.15, 0.2) is 42.9 Å². The Morgan fingerprint density at radius 1 is 1.32 bits per heavy atom. The molecule has 1 amide bonds. The number of nitrogens with zero attached hydrogens (tertiary/aromatic N) is 4. The third kappa shape index (κ3) is 4.71. The van der Waals surface area contributed by atoms with E-state index in [0.717, 1.165) is 25.0 Å². The largest absolute Gasteiger partial charge is 0.493 e. The lowest BCUT2D eigenvalue weighted by Gasteiger charge is -2.37. The maximum Gasteiger partial charge on any atom is 0.259 e. The molecule has 0 bridgehead atoms. The Kier molecular flexibility index (Phi) is 6.38. The maximum absolute atomic E-state index is 13.6. The zero-order chi connectivity index (χ0) is 23.5. The molecular weight excluding hydrogens is 436 g/mol. The van der Waals surface area contributed by atoms with Gasteiger partial charge in [-0.25, -0.2) is 9.50 Å². The van der Waals surface area contributed by atoms with Crippen LogP contribution in [0.1, 0.15) is 35.7 Å². The number of fused-ring (bicyclic) bond motifs is 1. The van der Waals surface area contributed by atoms with Crippen LogP contribution in [0.4, 0.5) is 0 Å². The zero-order valence-electron chi connectivity index (χ0n) is 19.6. The van der Waals surface area contributed by atoms with Crippen LogP contribution in [0, 0.1) is 5.41 Å². The summed E-state index contributed by atoms with van der Waals surface area (Å²) < 4.78 is 24.4. The third-order valence-corrected chi connectivity index (χ3v) is 6.32. The molecule has 3 aromatic rings. The van der Waals surface area contributed by atoms with Gasteiger partial charge in [0.2, 0.25) is 0 Å². The zero-order valence-corrected chi connectivity index (χ0v) is 19.6. The van der Waals surface area contributed by atoms with Crippen LogP contribution >= 0.6 is 0 Å². The SMILES string of the molecule is COc1ccc(CN(CC2CCCO2)C(=O)c2cnn3cccnc23)cc1OCC1(C)COC1. The number of hydrogen-bond donors (Lipinski definition) is 0. The summed E-state index contributed by atoms with van der Waals surface area (Å²) in [6, 6.07) is 7.58. The number of benzene rings is 1. The second-order valence-corrected chi connectivity index (χ2v) is 9.34. The quantitative estimate of drug-likeness (QED) is 0.479. The maximum atomic E-state index is 13.6. The Morgan fingerprint density at radius 2 is 2.21 bits per heavy atom. The van der Waals surface area contributed by atoms with Gasteiger partial charge in [-0.05, 0) is 36.6 Å². The van der Waals surface area contributed by atoms with E-state index in [0.29, 0.717) is 55.6 Å². The number of rotatable bonds is 9. The lowest BCUT2D eigenvalue weighted by Crippen LogP contribution is -2.44. The van der Waals surface area contributed by atoms with Crippen LogP contribution < -0.4 is 9.47 Å². The summed E-state index contributed by atoms with van der Waals surface area (Å²) in [5.74, 6) is 1.20. The number of amides is 1. The molecule has 5 rings (SSSR count). The summed E-state index contributed by atoms with van der Waals surface area (Å²) in [6.45, 7) is 5.69. The summed E-state index contributed by atoms with van der Waals surface area (Å²) >= 11 is 0. The Labute approximate surface area is 198 Å². The van der Waals surface area contributed by atoms with Crippen molar-refractivity contribution in [3.63, 3.8) is 0 Å². The van der Waals surface area contributed by atoms with E-state index in [2.05, 4.69) is 17.0 Å². The summed E-state index contributed by atoms with van der Waals surface area (Å²) in [5, 5.41) is 4.29. The number of hydrogen-bond acceptors (Lipinski definition) is 7. The van der Waals surface area contributed by atoms with E-state index in [9.17, 15) is 4.79 Å². The van der Waals surface area contributed by atoms with Gasteiger partial charge in [0.05, 0.1) is 39.2 Å². The van der Waals surface area contributed by atoms with Crippen molar-refractivity contribution >= 4 is 11.6 Å². The fourth-order valence-electron chi connectivity index (χ4n) is 4.34. The molecule has 9 nitrogen and oxygen atoms in total. The smallest absolute Gasteiger partial charge is 0.259 e. The Morgan fingerprint density at radius 3 is 2.94 bits per heavy atom. The van der Waals surface area contributed by atoms with E-state index in [-0.39, 0.29) is 17.4 Å². The Bertz CT molecular complexity index is 1150. The van der Waals surface area contributed by atoms with Gasteiger partial charge in [-0.2, -0.15) is 5.10 Å². The molecule has 180 valence electrons. The topological polar surface area (TPSA) is 87.4 Å². The number of methoxy groups -OCH3 is 1. The highest BCUT2D eigenvalue weighted by Crippen LogP contribution is 2.33. The number of ether oxygens (including phenoxy) is 4. The van der Waals surface area contributed by atoms with Crippen LogP contribution in [0.5, 0.6) is 11.5 Å². The van der Waals surface area contributed by atoms with Crippen molar-refractivity contribution in [2.45, 2.75) is 32.4 Å². The van der Waals surface area contributed by atoms with Gasteiger partial charge in [-0.15, -0.1) is 0 Å². The average Bonchev–Trinajstić information content (AvgIpc) is 3.51. The molecule has 2 saturated heterocycles. The monoisotopic (exact) mass is 466 g/mol. The highest BCUT2D eigenvalue weighted by Gasteiger charge is 2.34. The predicted molar refractivity (Wildman–Crippen MR) is 124 cm³/mol. The highest BCUT2D eigenvalue weighted by molar-refractivity contribution is 5.99. The first kappa shape index (κ1) is 22.6. The predicted octanol–water partition coefficient (Wildman–Crippen LogP) is 2.97. The number of aromatic nitrogens is 3. The molecule has 9 heteroatoms. The third-order valence-electron chi connectivity index (χ3n) is 6.32. The van der Waals surface area contributed by atoms with Crippen LogP contribution in [0.3, 0.4) is 0 Å². The fraction of sp³-hybridized carbons (Fsp3) is 0.480. The molecule has 0 N–H and O–H groups in total. The molecule has 2 aliphatic heterocycles. The van der Waals surface area contributed by atoms with Gasteiger partial charge < -0.3 is 23.8 Å². The van der Waals surface area contributed by atoms with Crippen LogP contribution in [0.25, 0.3) is 5.65 Å². The molecule has 1 aromatic carbocycles. The first-order valence-electron chi connectivity index (χ1n) is 11.6. The van der Waals surface area contributed by atoms with Gasteiger partial charge in [0.25, 0.3) is 5.91 Å². The Balaban J connectivity index is 1.39. The van der Waals surface area contributed by atoms with E-state index in [1.807, 2.05) is 23.1 Å². The minimum absolute atomic E-state index is 0.0132. The van der Waals surface area contributed by atoms with E-state index >= 15 is 0 Å². The molecule has 1 unspecified atom stereocenters. The Hall–Kier alpha value is -3.17. The van der Waals surface area contributed by atoms with Crippen molar-refractivity contribution in [2.75, 3.05) is 40.1 Å². The molecule has 0 radical (unpaired) electrons. The standard InChI is InChI=1S/C25H30N4O5/c1-25(15-32-16-25)17-34-22-11-18(6-7-21(22)31-2)13-28(14-19-5-3-10-33-19)24(30)20-12-27-29-9-4-8-26-23(20)29/h4,6-9,11-12,19H,3,5,10,13-17H2,1-2H3. The minimum atomic E-state index is -0.124. The van der Waals surface area contributed by atoms with Crippen molar-refractivity contribution in [1.82, 2.24) is 19.5 Å². The molecule has 34 heavy (non-hydrogen) atoms. The summed E-state index contributed by atoms with van der Waals surface area (Å²) in [6.07, 6.45) is 6.99. The molecular formula is C25H30N4O5. The lowest BCUT2D eigenvalue weighted by atomic mass is 9.90. The highest BCUT2D eigenvalue weighted by atomic mass is 16.5. The van der Waals surface area contributed by atoms with Crippen LogP contribution in [-0.4, -0.2) is 71.6 Å². The van der Waals surface area contributed by atoms with Crippen LogP contribution in [-0.2, 0) is 16.0 Å². The van der Waals surface area contributed by atoms with E-state index < -0.39 is 0 Å². The fourth-order valence-corrected chi connectivity index (χ4v) is 4.34. The normalized spacial score (nSPS) is 19.1. The first-order valence-corrected chi connectivity index (χ1v) is 11.6. The molecule has 2 fully saturated rings. The summed E-state index contributed by atoms with van der Waals surface area (Å²) in [4.78, 5) is 19.8. The molecule has 1 atom stereocenters. The minimum Gasteiger partial charge on any atom is -0.493 e. The van der Waals surface area contributed by atoms with E-state index in [1.165, 1.54) is 0 Å². The number of carbonyl (C=O) groups is 1. The molecule has 0 saturated carbocycles. The van der Waals surface area contributed by atoms with Crippen molar-refractivity contribution in [3.8, 4) is 11.5 Å². The van der Waals surface area contributed by atoms with Crippen molar-refractivity contribution in [2.24, 2.45) is 5.41 Å². The second-order valence-electron chi connectivity index (χ2n) is 9.34. The van der Waals surface area contributed by atoms with Gasteiger partial charge in [-0.1, -0.05) is 13.0 Å². The van der Waals surface area contributed by atoms with E-state index in [1.54, 1.807) is 36.3 Å². The van der Waals surface area contributed by atoms with Gasteiger partial charge in [0.15, 0.2) is 17.1 Å². The van der Waals surface area contributed by atoms with Gasteiger partial charge in [0.1, 0.15) is 5.56 Å². The molecule has 0 spiro atoms. The molecule has 4 heterocycles. The van der Waals surface area contributed by atoms with Crippen molar-refractivity contribution in [1.29, 1.82) is 0 Å². The van der Waals surface area contributed by atoms with Crippen molar-refractivity contribution in [3.05, 3.63) is 54.0 Å². The number of carbonyl (C=O) groups excluding carboxylic acids is 1. The van der Waals surface area contributed by atoms with Crippen molar-refractivity contribution < 1.29 is 23.7 Å². The summed E-state index contributed by atoms with van der Waals surface area (Å²) in [5.41, 5.74) is 1.97. The van der Waals surface area contributed by atoms with Gasteiger partial charge in [-0.3, -0.25) is 4.79 Å². The lowest BCUT2D eigenvalue weighted by molar-refractivity contribution is -0.120. The molecule has 2 aromatic heterocycles. The average molecular weight is 467 g/mol.